The highest BCUT2D eigenvalue weighted by Gasteiger charge is 2.16. The zero-order valence-corrected chi connectivity index (χ0v) is 10.4. The van der Waals surface area contributed by atoms with Gasteiger partial charge in [0.25, 0.3) is 0 Å². The quantitative estimate of drug-likeness (QED) is 0.926. The van der Waals surface area contributed by atoms with E-state index in [1.165, 1.54) is 18.1 Å². The van der Waals surface area contributed by atoms with Crippen LogP contribution < -0.4 is 0 Å². The normalized spacial score (nSPS) is 10.5. The highest BCUT2D eigenvalue weighted by atomic mass is 35.5. The Hall–Kier alpha value is -1.53. The van der Waals surface area contributed by atoms with Gasteiger partial charge in [0.1, 0.15) is 6.33 Å². The first-order valence-corrected chi connectivity index (χ1v) is 5.82. The molecule has 0 radical (unpaired) electrons. The average Bonchev–Trinajstić information content (AvgIpc) is 2.64. The summed E-state index contributed by atoms with van der Waals surface area (Å²) in [6, 6.07) is 4.94. The monoisotopic (exact) mass is 269 g/mol. The van der Waals surface area contributed by atoms with Gasteiger partial charge < -0.3 is 5.11 Å². The number of carboxylic acid groups (broad SMARTS) is 1. The van der Waals surface area contributed by atoms with Crippen LogP contribution >= 0.6 is 23.4 Å². The molecular formula is C10H8ClN3O2S. The van der Waals surface area contributed by atoms with Crippen LogP contribution in [-0.4, -0.2) is 25.8 Å². The van der Waals surface area contributed by atoms with Crippen LogP contribution in [-0.2, 0) is 7.05 Å². The summed E-state index contributed by atoms with van der Waals surface area (Å²) in [7, 11) is 1.74. The molecule has 0 aliphatic rings. The van der Waals surface area contributed by atoms with Crippen LogP contribution in [0.5, 0.6) is 0 Å². The van der Waals surface area contributed by atoms with Crippen molar-refractivity contribution in [1.82, 2.24) is 14.8 Å². The number of rotatable bonds is 3. The van der Waals surface area contributed by atoms with Gasteiger partial charge in [-0.25, -0.2) is 14.5 Å². The Morgan fingerprint density at radius 2 is 2.29 bits per heavy atom. The molecule has 1 heterocycles. The molecule has 0 saturated carbocycles. The van der Waals surface area contributed by atoms with E-state index in [-0.39, 0.29) is 10.6 Å². The molecule has 0 amide bonds. The lowest BCUT2D eigenvalue weighted by molar-refractivity contribution is 0.0693. The van der Waals surface area contributed by atoms with E-state index in [0.717, 1.165) is 0 Å². The predicted molar refractivity (Wildman–Crippen MR) is 63.5 cm³/mol. The second-order valence-corrected chi connectivity index (χ2v) is 4.60. The highest BCUT2D eigenvalue weighted by molar-refractivity contribution is 7.99. The Morgan fingerprint density at radius 3 is 2.88 bits per heavy atom. The Labute approximate surface area is 106 Å². The Balaban J connectivity index is 2.43. The third-order valence-corrected chi connectivity index (χ3v) is 3.49. The molecule has 88 valence electrons. The molecular weight excluding hydrogens is 262 g/mol. The van der Waals surface area contributed by atoms with Crippen molar-refractivity contribution in [3.63, 3.8) is 0 Å². The van der Waals surface area contributed by atoms with Gasteiger partial charge in [-0.05, 0) is 23.9 Å². The Morgan fingerprint density at radius 1 is 1.53 bits per heavy atom. The van der Waals surface area contributed by atoms with Crippen molar-refractivity contribution in [2.24, 2.45) is 7.05 Å². The van der Waals surface area contributed by atoms with E-state index in [9.17, 15) is 4.79 Å². The van der Waals surface area contributed by atoms with Crippen LogP contribution in [0.15, 0.2) is 34.6 Å². The van der Waals surface area contributed by atoms with Gasteiger partial charge in [0.2, 0.25) is 0 Å². The number of aromatic carboxylic acids is 1. The number of aromatic nitrogens is 3. The number of hydrogen-bond acceptors (Lipinski definition) is 4. The van der Waals surface area contributed by atoms with Crippen molar-refractivity contribution in [2.45, 2.75) is 10.1 Å². The van der Waals surface area contributed by atoms with Crippen LogP contribution in [0, 0.1) is 0 Å². The van der Waals surface area contributed by atoms with Gasteiger partial charge in [0.15, 0.2) is 5.16 Å². The number of nitrogens with zero attached hydrogens (tertiary/aromatic N) is 3. The minimum absolute atomic E-state index is 0.0853. The maximum atomic E-state index is 11.1. The van der Waals surface area contributed by atoms with Gasteiger partial charge in [-0.1, -0.05) is 17.7 Å². The van der Waals surface area contributed by atoms with Gasteiger partial charge in [-0.15, -0.1) is 0 Å². The molecule has 0 atom stereocenters. The average molecular weight is 270 g/mol. The van der Waals surface area contributed by atoms with Crippen LogP contribution in [0.1, 0.15) is 10.4 Å². The zero-order valence-electron chi connectivity index (χ0n) is 8.79. The fourth-order valence-corrected chi connectivity index (χ4v) is 2.51. The summed E-state index contributed by atoms with van der Waals surface area (Å²) in [5, 5.41) is 13.8. The minimum Gasteiger partial charge on any atom is -0.478 e. The summed E-state index contributed by atoms with van der Waals surface area (Å²) >= 11 is 7.08. The number of benzene rings is 1. The van der Waals surface area contributed by atoms with E-state index < -0.39 is 5.97 Å². The molecule has 0 bridgehead atoms. The van der Waals surface area contributed by atoms with E-state index in [0.29, 0.717) is 10.1 Å². The lowest BCUT2D eigenvalue weighted by atomic mass is 10.2. The number of halogens is 1. The molecule has 1 N–H and O–H groups in total. The summed E-state index contributed by atoms with van der Waals surface area (Å²) in [6.45, 7) is 0. The van der Waals surface area contributed by atoms with Gasteiger partial charge in [-0.3, -0.25) is 0 Å². The first-order valence-electron chi connectivity index (χ1n) is 4.63. The highest BCUT2D eigenvalue weighted by Crippen LogP contribution is 2.32. The topological polar surface area (TPSA) is 68.0 Å². The molecule has 0 unspecified atom stereocenters. The number of carboxylic acids is 1. The third-order valence-electron chi connectivity index (χ3n) is 2.06. The molecule has 0 aliphatic heterocycles. The SMILES string of the molecule is Cn1ncnc1Sc1cccc(Cl)c1C(=O)O. The molecule has 17 heavy (non-hydrogen) atoms. The third kappa shape index (κ3) is 2.42. The number of aryl methyl sites for hydroxylation is 1. The number of hydrogen-bond donors (Lipinski definition) is 1. The lowest BCUT2D eigenvalue weighted by Crippen LogP contribution is -2.01. The fourth-order valence-electron chi connectivity index (χ4n) is 1.27. The first kappa shape index (κ1) is 11.9. The molecule has 2 rings (SSSR count). The van der Waals surface area contributed by atoms with Crippen LogP contribution in [0.2, 0.25) is 5.02 Å². The van der Waals surface area contributed by atoms with Crippen LogP contribution in [0.3, 0.4) is 0 Å². The zero-order chi connectivity index (χ0) is 12.4. The van der Waals surface area contributed by atoms with Gasteiger partial charge in [0, 0.05) is 11.9 Å². The Kier molecular flexibility index (Phi) is 3.35. The molecule has 1 aromatic heterocycles. The van der Waals surface area contributed by atoms with E-state index >= 15 is 0 Å². The van der Waals surface area contributed by atoms with Crippen molar-refractivity contribution in [3.05, 3.63) is 35.1 Å². The summed E-state index contributed by atoms with van der Waals surface area (Å²) < 4.78 is 1.57. The van der Waals surface area contributed by atoms with Crippen LogP contribution in [0.25, 0.3) is 0 Å². The largest absolute Gasteiger partial charge is 0.478 e. The van der Waals surface area contributed by atoms with E-state index in [4.69, 9.17) is 16.7 Å². The molecule has 1 aromatic carbocycles. The summed E-state index contributed by atoms with van der Waals surface area (Å²) in [5.74, 6) is -1.06. The first-order chi connectivity index (χ1) is 8.09. The van der Waals surface area contributed by atoms with Crippen molar-refractivity contribution in [1.29, 1.82) is 0 Å². The summed E-state index contributed by atoms with van der Waals surface area (Å²) in [6.07, 6.45) is 1.41. The molecule has 7 heteroatoms. The maximum absolute atomic E-state index is 11.1. The summed E-state index contributed by atoms with van der Waals surface area (Å²) in [5.41, 5.74) is 0.0853. The van der Waals surface area contributed by atoms with E-state index in [1.807, 2.05) is 0 Å². The second-order valence-electron chi connectivity index (χ2n) is 3.19. The fraction of sp³-hybridized carbons (Fsp3) is 0.100. The molecule has 2 aromatic rings. The van der Waals surface area contributed by atoms with Crippen molar-refractivity contribution in [2.75, 3.05) is 0 Å². The van der Waals surface area contributed by atoms with E-state index in [1.54, 1.807) is 29.9 Å². The van der Waals surface area contributed by atoms with Crippen molar-refractivity contribution in [3.8, 4) is 0 Å². The molecule has 0 saturated heterocycles. The maximum Gasteiger partial charge on any atom is 0.338 e. The smallest absolute Gasteiger partial charge is 0.338 e. The predicted octanol–water partition coefficient (Wildman–Crippen LogP) is 2.32. The Bertz CT molecular complexity index is 570. The molecule has 0 aliphatic carbocycles. The van der Waals surface area contributed by atoms with Crippen LogP contribution in [0.4, 0.5) is 0 Å². The van der Waals surface area contributed by atoms with Gasteiger partial charge in [0.05, 0.1) is 10.6 Å². The minimum atomic E-state index is -1.06. The van der Waals surface area contributed by atoms with E-state index in [2.05, 4.69) is 10.1 Å². The summed E-state index contributed by atoms with van der Waals surface area (Å²) in [4.78, 5) is 15.7. The van der Waals surface area contributed by atoms with Crippen molar-refractivity contribution < 1.29 is 9.90 Å². The molecule has 0 spiro atoms. The van der Waals surface area contributed by atoms with Gasteiger partial charge >= 0.3 is 5.97 Å². The number of carbonyl (C=O) groups is 1. The van der Waals surface area contributed by atoms with Gasteiger partial charge in [-0.2, -0.15) is 5.10 Å². The van der Waals surface area contributed by atoms with Crippen molar-refractivity contribution >= 4 is 29.3 Å². The molecule has 5 nitrogen and oxygen atoms in total. The second kappa shape index (κ2) is 4.77. The molecule has 0 fully saturated rings. The standard InChI is InChI=1S/C10H8ClN3O2S/c1-14-10(12-5-13-14)17-7-4-2-3-6(11)8(7)9(15)16/h2-5H,1H3,(H,15,16). The lowest BCUT2D eigenvalue weighted by Gasteiger charge is -2.06.